The molecule has 1 heterocycles. The topological polar surface area (TPSA) is 12.0 Å². The summed E-state index contributed by atoms with van der Waals surface area (Å²) in [5, 5.41) is 3.43. The first-order chi connectivity index (χ1) is 7.20. The van der Waals surface area contributed by atoms with Gasteiger partial charge in [-0.05, 0) is 49.4 Å². The molecule has 1 saturated carbocycles. The molecule has 90 valence electrons. The van der Waals surface area contributed by atoms with Crippen LogP contribution in [0.1, 0.15) is 59.8 Å². The van der Waals surface area contributed by atoms with Crippen LogP contribution in [-0.4, -0.2) is 13.1 Å². The summed E-state index contributed by atoms with van der Waals surface area (Å²) in [4.78, 5) is 0. The average Bonchev–Trinajstić information content (AvgIpc) is 2.19. The predicted octanol–water partition coefficient (Wildman–Crippen LogP) is 3.84. The second-order valence-corrected chi connectivity index (χ2v) is 5.68. The maximum absolute atomic E-state index is 3.43. The maximum atomic E-state index is 3.43. The number of rotatable bonds is 2. The van der Waals surface area contributed by atoms with Gasteiger partial charge >= 0.3 is 0 Å². The van der Waals surface area contributed by atoms with E-state index < -0.39 is 0 Å². The van der Waals surface area contributed by atoms with Crippen LogP contribution < -0.4 is 5.32 Å². The van der Waals surface area contributed by atoms with Crippen molar-refractivity contribution < 1.29 is 0 Å². The van der Waals surface area contributed by atoms with Crippen molar-refractivity contribution in [3.8, 4) is 0 Å². The van der Waals surface area contributed by atoms with E-state index in [0.29, 0.717) is 0 Å². The lowest BCUT2D eigenvalue weighted by Crippen LogP contribution is -2.54. The van der Waals surface area contributed by atoms with Gasteiger partial charge in [0, 0.05) is 13.1 Å². The van der Waals surface area contributed by atoms with Crippen molar-refractivity contribution in [2.45, 2.75) is 59.8 Å². The lowest BCUT2D eigenvalue weighted by Gasteiger charge is -2.47. The third-order valence-electron chi connectivity index (χ3n) is 3.97. The van der Waals surface area contributed by atoms with Gasteiger partial charge in [-0.3, -0.25) is 0 Å². The van der Waals surface area contributed by atoms with E-state index in [4.69, 9.17) is 0 Å². The van der Waals surface area contributed by atoms with Gasteiger partial charge in [-0.15, -0.1) is 0 Å². The van der Waals surface area contributed by atoms with Gasteiger partial charge in [0.2, 0.25) is 0 Å². The van der Waals surface area contributed by atoms with Gasteiger partial charge in [0.25, 0.3) is 0 Å². The van der Waals surface area contributed by atoms with E-state index in [1.165, 1.54) is 45.2 Å². The van der Waals surface area contributed by atoms with E-state index in [1.807, 2.05) is 13.8 Å². The van der Waals surface area contributed by atoms with Crippen molar-refractivity contribution >= 4 is 0 Å². The van der Waals surface area contributed by atoms with Gasteiger partial charge in [0.05, 0.1) is 0 Å². The Morgan fingerprint density at radius 3 is 2.00 bits per heavy atom. The zero-order chi connectivity index (χ0) is 11.3. The standard InChI is InChI=1S/C12H23N.C2H6/c1-10(2)7-11-3-5-12(6-4-11)8-13-9-12;1-2/h10-11,13H,3-9H2,1-2H3;1-2H3. The zero-order valence-corrected chi connectivity index (χ0v) is 11.1. The Balaban J connectivity index is 0.000000531. The van der Waals surface area contributed by atoms with E-state index in [2.05, 4.69) is 19.2 Å². The van der Waals surface area contributed by atoms with Crippen LogP contribution in [0.3, 0.4) is 0 Å². The molecule has 2 rings (SSSR count). The summed E-state index contributed by atoms with van der Waals surface area (Å²) in [6, 6.07) is 0. The van der Waals surface area contributed by atoms with E-state index in [9.17, 15) is 0 Å². The minimum Gasteiger partial charge on any atom is -0.316 e. The minimum atomic E-state index is 0.757. The van der Waals surface area contributed by atoms with Gasteiger partial charge in [-0.25, -0.2) is 0 Å². The Labute approximate surface area is 96.0 Å². The van der Waals surface area contributed by atoms with Crippen LogP contribution in [0.4, 0.5) is 0 Å². The molecule has 1 spiro atoms. The monoisotopic (exact) mass is 211 g/mol. The molecule has 0 atom stereocenters. The second-order valence-electron chi connectivity index (χ2n) is 5.68. The van der Waals surface area contributed by atoms with Crippen LogP contribution in [0.5, 0.6) is 0 Å². The largest absolute Gasteiger partial charge is 0.316 e. The van der Waals surface area contributed by atoms with E-state index in [0.717, 1.165) is 17.3 Å². The maximum Gasteiger partial charge on any atom is 0.00202 e. The molecule has 1 aliphatic heterocycles. The summed E-state index contributed by atoms with van der Waals surface area (Å²) in [5.74, 6) is 1.95. The van der Waals surface area contributed by atoms with Gasteiger partial charge in [-0.2, -0.15) is 0 Å². The van der Waals surface area contributed by atoms with Crippen molar-refractivity contribution in [1.82, 2.24) is 5.32 Å². The summed E-state index contributed by atoms with van der Waals surface area (Å²) >= 11 is 0. The van der Waals surface area contributed by atoms with Crippen LogP contribution in [0.15, 0.2) is 0 Å². The van der Waals surface area contributed by atoms with Crippen LogP contribution in [-0.2, 0) is 0 Å². The van der Waals surface area contributed by atoms with Crippen LogP contribution >= 0.6 is 0 Å². The van der Waals surface area contributed by atoms with Crippen molar-refractivity contribution in [2.24, 2.45) is 17.3 Å². The van der Waals surface area contributed by atoms with Gasteiger partial charge in [-0.1, -0.05) is 27.7 Å². The molecular weight excluding hydrogens is 182 g/mol. The fourth-order valence-electron chi connectivity index (χ4n) is 3.02. The first-order valence-corrected chi connectivity index (χ1v) is 6.91. The molecule has 15 heavy (non-hydrogen) atoms. The lowest BCUT2D eigenvalue weighted by atomic mass is 9.66. The Hall–Kier alpha value is -0.0400. The van der Waals surface area contributed by atoms with Crippen molar-refractivity contribution in [1.29, 1.82) is 0 Å². The minimum absolute atomic E-state index is 0.757. The number of hydrogen-bond donors (Lipinski definition) is 1. The molecule has 1 N–H and O–H groups in total. The van der Waals surface area contributed by atoms with Crippen LogP contribution in [0, 0.1) is 17.3 Å². The molecule has 1 heteroatoms. The van der Waals surface area contributed by atoms with Crippen LogP contribution in [0.2, 0.25) is 0 Å². The molecule has 1 nitrogen and oxygen atoms in total. The van der Waals surface area contributed by atoms with Gasteiger partial charge in [0.15, 0.2) is 0 Å². The molecule has 0 aromatic carbocycles. The van der Waals surface area contributed by atoms with E-state index >= 15 is 0 Å². The van der Waals surface area contributed by atoms with Crippen molar-refractivity contribution in [3.63, 3.8) is 0 Å². The second kappa shape index (κ2) is 5.89. The Bertz CT molecular complexity index is 160. The highest BCUT2D eigenvalue weighted by Gasteiger charge is 2.39. The molecular formula is C14H29N. The number of nitrogens with one attached hydrogen (secondary N) is 1. The SMILES string of the molecule is CC.CC(C)CC1CCC2(CC1)CNC2. The molecule has 0 bridgehead atoms. The van der Waals surface area contributed by atoms with Gasteiger partial charge in [0.1, 0.15) is 0 Å². The predicted molar refractivity (Wildman–Crippen MR) is 68.1 cm³/mol. The summed E-state index contributed by atoms with van der Waals surface area (Å²) in [6.07, 6.45) is 7.46. The fraction of sp³-hybridized carbons (Fsp3) is 1.00. The summed E-state index contributed by atoms with van der Waals surface area (Å²) in [7, 11) is 0. The molecule has 0 unspecified atom stereocenters. The highest BCUT2D eigenvalue weighted by Crippen LogP contribution is 2.43. The van der Waals surface area contributed by atoms with Crippen molar-refractivity contribution in [3.05, 3.63) is 0 Å². The zero-order valence-electron chi connectivity index (χ0n) is 11.1. The average molecular weight is 211 g/mol. The normalized spacial score (nSPS) is 24.6. The fourth-order valence-corrected chi connectivity index (χ4v) is 3.02. The molecule has 2 aliphatic rings. The summed E-state index contributed by atoms with van der Waals surface area (Å²) in [6.45, 7) is 11.3. The first-order valence-electron chi connectivity index (χ1n) is 6.91. The Morgan fingerprint density at radius 1 is 1.13 bits per heavy atom. The number of hydrogen-bond acceptors (Lipinski definition) is 1. The Morgan fingerprint density at radius 2 is 1.67 bits per heavy atom. The van der Waals surface area contributed by atoms with Crippen molar-refractivity contribution in [2.75, 3.05) is 13.1 Å². The van der Waals surface area contributed by atoms with Crippen LogP contribution in [0.25, 0.3) is 0 Å². The van der Waals surface area contributed by atoms with E-state index in [1.54, 1.807) is 0 Å². The molecule has 0 radical (unpaired) electrons. The molecule has 0 aromatic heterocycles. The molecule has 1 aliphatic carbocycles. The first kappa shape index (κ1) is 13.0. The molecule has 0 amide bonds. The molecule has 1 saturated heterocycles. The van der Waals surface area contributed by atoms with Gasteiger partial charge < -0.3 is 5.32 Å². The quantitative estimate of drug-likeness (QED) is 0.732. The van der Waals surface area contributed by atoms with E-state index in [-0.39, 0.29) is 0 Å². The molecule has 0 aromatic rings. The summed E-state index contributed by atoms with van der Waals surface area (Å²) < 4.78 is 0. The molecule has 2 fully saturated rings. The highest BCUT2D eigenvalue weighted by molar-refractivity contribution is 4.95. The highest BCUT2D eigenvalue weighted by atomic mass is 15.0. The Kier molecular flexibility index (Phi) is 5.11. The lowest BCUT2D eigenvalue weighted by molar-refractivity contribution is 0.0760. The smallest absolute Gasteiger partial charge is 0.00202 e. The third kappa shape index (κ3) is 3.48. The summed E-state index contributed by atoms with van der Waals surface area (Å²) in [5.41, 5.74) is 0.757. The third-order valence-corrected chi connectivity index (χ3v) is 3.97.